The molecule has 146 valence electrons. The Kier molecular flexibility index (Phi) is 5.82. The zero-order valence-electron chi connectivity index (χ0n) is 15.5. The summed E-state index contributed by atoms with van der Waals surface area (Å²) in [5.41, 5.74) is -1.34. The van der Waals surface area contributed by atoms with Crippen LogP contribution in [-0.2, 0) is 14.8 Å². The smallest absolute Gasteiger partial charge is 0.329 e. The first-order valence-electron chi connectivity index (χ1n) is 8.62. The summed E-state index contributed by atoms with van der Waals surface area (Å²) in [7, 11) is -0.988. The highest BCUT2D eigenvalue weighted by Gasteiger charge is 2.43. The van der Waals surface area contributed by atoms with Gasteiger partial charge in [0.25, 0.3) is 5.91 Å². The maximum atomic E-state index is 12.6. The molecule has 2 rings (SSSR count). The quantitative estimate of drug-likeness (QED) is 0.772. The number of hydrogen-bond acceptors (Lipinski definition) is 5. The Morgan fingerprint density at radius 3 is 2.38 bits per heavy atom. The number of sulfonamides is 1. The van der Waals surface area contributed by atoms with E-state index in [0.29, 0.717) is 18.8 Å². The van der Waals surface area contributed by atoms with Gasteiger partial charge in [-0.05, 0) is 38.5 Å². The largest absolute Gasteiger partial charge is 0.480 e. The van der Waals surface area contributed by atoms with Gasteiger partial charge in [0.05, 0.1) is 0 Å². The number of carbonyl (C=O) groups is 2. The minimum Gasteiger partial charge on any atom is -0.480 e. The highest BCUT2D eigenvalue weighted by Crippen LogP contribution is 2.34. The van der Waals surface area contributed by atoms with Crippen LogP contribution in [0.15, 0.2) is 15.4 Å². The van der Waals surface area contributed by atoms with E-state index in [4.69, 9.17) is 4.42 Å². The van der Waals surface area contributed by atoms with Crippen molar-refractivity contribution >= 4 is 21.9 Å². The van der Waals surface area contributed by atoms with Gasteiger partial charge in [-0.3, -0.25) is 4.79 Å². The Balaban J connectivity index is 2.25. The molecule has 1 heterocycles. The number of aryl methyl sites for hydroxylation is 1. The van der Waals surface area contributed by atoms with Gasteiger partial charge in [-0.1, -0.05) is 13.3 Å². The molecule has 0 spiro atoms. The second-order valence-electron chi connectivity index (χ2n) is 7.01. The minimum absolute atomic E-state index is 0.0860. The van der Waals surface area contributed by atoms with E-state index >= 15 is 0 Å². The van der Waals surface area contributed by atoms with Crippen LogP contribution in [0.4, 0.5) is 0 Å². The molecule has 0 aromatic carbocycles. The number of aliphatic carboxylic acids is 1. The van der Waals surface area contributed by atoms with Gasteiger partial charge in [0, 0.05) is 20.2 Å². The summed E-state index contributed by atoms with van der Waals surface area (Å²) in [4.78, 5) is 24.3. The number of nitrogens with one attached hydrogen (secondary N) is 1. The van der Waals surface area contributed by atoms with Gasteiger partial charge in [0.1, 0.15) is 16.2 Å². The van der Waals surface area contributed by atoms with E-state index in [1.807, 2.05) is 0 Å². The molecule has 2 N–H and O–H groups in total. The van der Waals surface area contributed by atoms with Crippen molar-refractivity contribution in [2.75, 3.05) is 14.1 Å². The Hall–Kier alpha value is -1.87. The molecule has 0 unspecified atom stereocenters. The van der Waals surface area contributed by atoms with E-state index in [0.717, 1.165) is 29.6 Å². The molecular formula is C17H26N2O6S. The first kappa shape index (κ1) is 20.4. The Morgan fingerprint density at radius 1 is 1.35 bits per heavy atom. The van der Waals surface area contributed by atoms with E-state index < -0.39 is 27.4 Å². The molecule has 1 saturated carbocycles. The fourth-order valence-electron chi connectivity index (χ4n) is 3.28. The van der Waals surface area contributed by atoms with E-state index in [9.17, 15) is 23.1 Å². The predicted molar refractivity (Wildman–Crippen MR) is 94.4 cm³/mol. The summed E-state index contributed by atoms with van der Waals surface area (Å²) >= 11 is 0. The first-order valence-corrected chi connectivity index (χ1v) is 10.1. The Bertz CT molecular complexity index is 788. The molecule has 1 amide bonds. The topological polar surface area (TPSA) is 117 Å². The zero-order chi connectivity index (χ0) is 19.7. The Morgan fingerprint density at radius 2 is 1.92 bits per heavy atom. The lowest BCUT2D eigenvalue weighted by Crippen LogP contribution is -2.56. The van der Waals surface area contributed by atoms with Crippen LogP contribution in [0.25, 0.3) is 0 Å². The maximum absolute atomic E-state index is 12.6. The van der Waals surface area contributed by atoms with Crippen LogP contribution in [0.3, 0.4) is 0 Å². The van der Waals surface area contributed by atoms with E-state index in [2.05, 4.69) is 12.2 Å². The first-order chi connectivity index (χ1) is 12.0. The van der Waals surface area contributed by atoms with Gasteiger partial charge in [-0.15, -0.1) is 0 Å². The van der Waals surface area contributed by atoms with Crippen molar-refractivity contribution in [3.8, 4) is 0 Å². The molecular weight excluding hydrogens is 360 g/mol. The number of carbonyl (C=O) groups excluding carboxylic acids is 1. The third-order valence-corrected chi connectivity index (χ3v) is 7.08. The van der Waals surface area contributed by atoms with Gasteiger partial charge in [-0.25, -0.2) is 17.5 Å². The molecule has 1 fully saturated rings. The van der Waals surface area contributed by atoms with Crippen LogP contribution in [0.5, 0.6) is 0 Å². The summed E-state index contributed by atoms with van der Waals surface area (Å²) in [6.07, 6.45) is 3.11. The number of nitrogens with zero attached hydrogens (tertiary/aromatic N) is 1. The second kappa shape index (κ2) is 7.40. The summed E-state index contributed by atoms with van der Waals surface area (Å²) in [6.45, 7) is 3.52. The highest BCUT2D eigenvalue weighted by molar-refractivity contribution is 7.89. The van der Waals surface area contributed by atoms with Gasteiger partial charge < -0.3 is 14.8 Å². The van der Waals surface area contributed by atoms with Gasteiger partial charge >= 0.3 is 5.97 Å². The zero-order valence-corrected chi connectivity index (χ0v) is 16.4. The number of carboxylic acids is 1. The number of carboxylic acid groups (broad SMARTS) is 1. The van der Waals surface area contributed by atoms with Gasteiger partial charge in [0.2, 0.25) is 10.0 Å². The van der Waals surface area contributed by atoms with E-state index in [1.54, 1.807) is 0 Å². The second-order valence-corrected chi connectivity index (χ2v) is 9.13. The van der Waals surface area contributed by atoms with Crippen LogP contribution in [-0.4, -0.2) is 49.3 Å². The maximum Gasteiger partial charge on any atom is 0.329 e. The van der Waals surface area contributed by atoms with Crippen molar-refractivity contribution in [3.05, 3.63) is 17.6 Å². The lowest BCUT2D eigenvalue weighted by atomic mass is 9.75. The van der Waals surface area contributed by atoms with Crippen LogP contribution < -0.4 is 5.32 Å². The molecule has 1 aliphatic rings. The summed E-state index contributed by atoms with van der Waals surface area (Å²) in [6, 6.07) is 1.15. The lowest BCUT2D eigenvalue weighted by Gasteiger charge is -2.36. The van der Waals surface area contributed by atoms with E-state index in [1.165, 1.54) is 21.0 Å². The van der Waals surface area contributed by atoms with Crippen molar-refractivity contribution in [1.82, 2.24) is 9.62 Å². The molecule has 0 bridgehead atoms. The number of furan rings is 1. The van der Waals surface area contributed by atoms with Gasteiger partial charge in [0.15, 0.2) is 5.76 Å². The predicted octanol–water partition coefficient (Wildman–Crippen LogP) is 1.99. The fraction of sp³-hybridized carbons (Fsp3) is 0.647. The highest BCUT2D eigenvalue weighted by atomic mass is 32.2. The van der Waals surface area contributed by atoms with Crippen molar-refractivity contribution in [3.63, 3.8) is 0 Å². The standard InChI is InChI=1S/C17H26N2O6S/c1-5-12-6-8-17(9-7-12,16(21)22)18-15(20)13-10-14(11(2)25-13)26(23,24)19(3)4/h10,12H,5-9H2,1-4H3,(H,18,20)(H,21,22). The lowest BCUT2D eigenvalue weighted by molar-refractivity contribution is -0.146. The molecule has 26 heavy (non-hydrogen) atoms. The fourth-order valence-corrected chi connectivity index (χ4v) is 4.33. The van der Waals surface area contributed by atoms with Crippen molar-refractivity contribution in [1.29, 1.82) is 0 Å². The van der Waals surface area contributed by atoms with Crippen LogP contribution >= 0.6 is 0 Å². The molecule has 1 aliphatic carbocycles. The van der Waals surface area contributed by atoms with Crippen LogP contribution in [0.1, 0.15) is 55.3 Å². The molecule has 0 radical (unpaired) electrons. The van der Waals surface area contributed by atoms with Crippen LogP contribution in [0.2, 0.25) is 0 Å². The summed E-state index contributed by atoms with van der Waals surface area (Å²) in [5.74, 6) is -1.46. The molecule has 1 aromatic heterocycles. The number of hydrogen-bond donors (Lipinski definition) is 2. The number of amides is 1. The third kappa shape index (κ3) is 3.78. The summed E-state index contributed by atoms with van der Waals surface area (Å²) in [5, 5.41) is 12.2. The third-order valence-electron chi connectivity index (χ3n) is 5.15. The monoisotopic (exact) mass is 386 g/mol. The van der Waals surface area contributed by atoms with Crippen LogP contribution in [0, 0.1) is 12.8 Å². The van der Waals surface area contributed by atoms with Crippen molar-refractivity contribution in [2.24, 2.45) is 5.92 Å². The van der Waals surface area contributed by atoms with Crippen molar-refractivity contribution in [2.45, 2.75) is 56.4 Å². The normalized spacial score (nSPS) is 23.8. The average Bonchev–Trinajstić information content (AvgIpc) is 2.98. The number of rotatable bonds is 6. The summed E-state index contributed by atoms with van der Waals surface area (Å²) < 4.78 is 30.9. The molecule has 0 saturated heterocycles. The molecule has 0 atom stereocenters. The van der Waals surface area contributed by atoms with Crippen molar-refractivity contribution < 1.29 is 27.5 Å². The van der Waals surface area contributed by atoms with E-state index in [-0.39, 0.29) is 16.4 Å². The molecule has 0 aliphatic heterocycles. The molecule has 9 heteroatoms. The SMILES string of the molecule is CCC1CCC(NC(=O)c2cc(S(=O)(=O)N(C)C)c(C)o2)(C(=O)O)CC1. The molecule has 8 nitrogen and oxygen atoms in total. The average molecular weight is 386 g/mol. The molecule has 1 aromatic rings. The van der Waals surface area contributed by atoms with Gasteiger partial charge in [-0.2, -0.15) is 0 Å². The minimum atomic E-state index is -3.75. The Labute approximate surface area is 153 Å².